The van der Waals surface area contributed by atoms with Crippen molar-refractivity contribution < 1.29 is 4.79 Å². The minimum absolute atomic E-state index is 0.106. The maximum Gasteiger partial charge on any atom is 0.230 e. The van der Waals surface area contributed by atoms with Gasteiger partial charge in [0.2, 0.25) is 5.91 Å². The van der Waals surface area contributed by atoms with Crippen LogP contribution in [0.5, 0.6) is 0 Å². The molecule has 2 nitrogen and oxygen atoms in total. The Bertz CT molecular complexity index is 509. The van der Waals surface area contributed by atoms with Crippen molar-refractivity contribution in [1.29, 1.82) is 0 Å². The summed E-state index contributed by atoms with van der Waals surface area (Å²) >= 11 is 5.97. The second-order valence-corrected chi connectivity index (χ2v) is 6.28. The number of nitrogens with zero attached hydrogens (tertiary/aromatic N) is 1. The van der Waals surface area contributed by atoms with Crippen LogP contribution in [0, 0.1) is 5.41 Å². The van der Waals surface area contributed by atoms with Gasteiger partial charge in [0.1, 0.15) is 0 Å². The number of halogens is 1. The molecule has 0 saturated heterocycles. The maximum atomic E-state index is 12.8. The molecule has 1 aliphatic carbocycles. The first-order valence-electron chi connectivity index (χ1n) is 7.07. The molecule has 20 heavy (non-hydrogen) atoms. The highest BCUT2D eigenvalue weighted by atomic mass is 35.5. The average molecular weight is 292 g/mol. The maximum absolute atomic E-state index is 12.8. The van der Waals surface area contributed by atoms with Gasteiger partial charge in [-0.15, -0.1) is 18.2 Å². The Morgan fingerprint density at radius 2 is 2.20 bits per heavy atom. The molecule has 1 amide bonds. The molecule has 0 radical (unpaired) electrons. The van der Waals surface area contributed by atoms with E-state index in [1.165, 1.54) is 11.1 Å². The molecule has 1 unspecified atom stereocenters. The molecule has 0 bridgehead atoms. The molecule has 2 rings (SSSR count). The predicted octanol–water partition coefficient (Wildman–Crippen LogP) is 3.95. The Morgan fingerprint density at radius 3 is 2.85 bits per heavy atom. The number of amides is 1. The average Bonchev–Trinajstić information content (AvgIpc) is 2.88. The van der Waals surface area contributed by atoms with Crippen molar-refractivity contribution in [2.75, 3.05) is 12.4 Å². The minimum Gasteiger partial charge on any atom is -0.331 e. The standard InChI is InChI=1S/C17H22ClNO/c1-4-11-19(16(20)17(2,3)12-18)15-10-9-13-7-5-6-8-14(13)15/h4-8,15H,1,9-12H2,2-3H3. The van der Waals surface area contributed by atoms with Crippen LogP contribution in [-0.4, -0.2) is 23.2 Å². The van der Waals surface area contributed by atoms with Crippen LogP contribution in [0.1, 0.15) is 37.4 Å². The number of fused-ring (bicyclic) bond motifs is 1. The molecule has 0 heterocycles. The molecule has 1 aromatic carbocycles. The summed E-state index contributed by atoms with van der Waals surface area (Å²) in [6, 6.07) is 8.53. The zero-order valence-corrected chi connectivity index (χ0v) is 13.0. The number of benzene rings is 1. The van der Waals surface area contributed by atoms with Crippen LogP contribution in [0.2, 0.25) is 0 Å². The Hall–Kier alpha value is -1.28. The second kappa shape index (κ2) is 6.01. The van der Waals surface area contributed by atoms with Crippen LogP contribution in [0.4, 0.5) is 0 Å². The zero-order valence-electron chi connectivity index (χ0n) is 12.2. The Balaban J connectivity index is 2.31. The summed E-state index contributed by atoms with van der Waals surface area (Å²) in [6.45, 7) is 8.16. The van der Waals surface area contributed by atoms with Gasteiger partial charge in [0.05, 0.1) is 11.5 Å². The van der Waals surface area contributed by atoms with Gasteiger partial charge in [0, 0.05) is 12.4 Å². The largest absolute Gasteiger partial charge is 0.331 e. The summed E-state index contributed by atoms with van der Waals surface area (Å²) in [6.07, 6.45) is 3.81. The van der Waals surface area contributed by atoms with Gasteiger partial charge in [0.25, 0.3) is 0 Å². The number of carbonyl (C=O) groups excluding carboxylic acids is 1. The van der Waals surface area contributed by atoms with Gasteiger partial charge in [0.15, 0.2) is 0 Å². The summed E-state index contributed by atoms with van der Waals surface area (Å²) in [5.74, 6) is 0.433. The smallest absolute Gasteiger partial charge is 0.230 e. The number of hydrogen-bond donors (Lipinski definition) is 0. The SMILES string of the molecule is C=CCN(C(=O)C(C)(C)CCl)C1CCc2ccccc21. The van der Waals surface area contributed by atoms with Crippen molar-refractivity contribution in [2.45, 2.75) is 32.7 Å². The normalized spacial score (nSPS) is 17.6. The van der Waals surface area contributed by atoms with Crippen molar-refractivity contribution >= 4 is 17.5 Å². The summed E-state index contributed by atoms with van der Waals surface area (Å²) < 4.78 is 0. The van der Waals surface area contributed by atoms with Crippen LogP contribution in [0.25, 0.3) is 0 Å². The van der Waals surface area contributed by atoms with Gasteiger partial charge in [-0.05, 0) is 37.8 Å². The number of carbonyl (C=O) groups is 1. The molecule has 1 aliphatic rings. The van der Waals surface area contributed by atoms with E-state index in [9.17, 15) is 4.79 Å². The third-order valence-corrected chi connectivity index (χ3v) is 4.65. The minimum atomic E-state index is -0.540. The molecule has 0 N–H and O–H groups in total. The first kappa shape index (κ1) is 15.1. The van der Waals surface area contributed by atoms with Crippen LogP contribution in [0.3, 0.4) is 0 Å². The monoisotopic (exact) mass is 291 g/mol. The highest BCUT2D eigenvalue weighted by Crippen LogP contribution is 2.37. The highest BCUT2D eigenvalue weighted by Gasteiger charge is 2.37. The van der Waals surface area contributed by atoms with E-state index in [1.54, 1.807) is 6.08 Å². The van der Waals surface area contributed by atoms with Gasteiger partial charge >= 0.3 is 0 Å². The van der Waals surface area contributed by atoms with Crippen molar-refractivity contribution in [2.24, 2.45) is 5.41 Å². The lowest BCUT2D eigenvalue weighted by molar-refractivity contribution is -0.141. The lowest BCUT2D eigenvalue weighted by Crippen LogP contribution is -2.43. The Morgan fingerprint density at radius 1 is 1.50 bits per heavy atom. The van der Waals surface area contributed by atoms with E-state index in [-0.39, 0.29) is 11.9 Å². The molecule has 108 valence electrons. The Kier molecular flexibility index (Phi) is 4.54. The van der Waals surface area contributed by atoms with Crippen LogP contribution < -0.4 is 0 Å². The lowest BCUT2D eigenvalue weighted by Gasteiger charge is -2.35. The third-order valence-electron chi connectivity index (χ3n) is 3.98. The van der Waals surface area contributed by atoms with Crippen LogP contribution >= 0.6 is 11.6 Å². The number of alkyl halides is 1. The highest BCUT2D eigenvalue weighted by molar-refractivity contribution is 6.19. The number of hydrogen-bond acceptors (Lipinski definition) is 1. The van der Waals surface area contributed by atoms with E-state index in [0.717, 1.165) is 12.8 Å². The van der Waals surface area contributed by atoms with Gasteiger partial charge in [-0.1, -0.05) is 30.3 Å². The number of aryl methyl sites for hydroxylation is 1. The molecular formula is C17H22ClNO. The van der Waals surface area contributed by atoms with E-state index >= 15 is 0 Å². The van der Waals surface area contributed by atoms with E-state index in [0.29, 0.717) is 12.4 Å². The van der Waals surface area contributed by atoms with Crippen molar-refractivity contribution in [1.82, 2.24) is 4.90 Å². The first-order chi connectivity index (χ1) is 9.51. The van der Waals surface area contributed by atoms with E-state index in [4.69, 9.17) is 11.6 Å². The second-order valence-electron chi connectivity index (χ2n) is 6.02. The molecule has 0 aromatic heterocycles. The Labute approximate surface area is 126 Å². The lowest BCUT2D eigenvalue weighted by atomic mass is 9.92. The molecule has 3 heteroatoms. The zero-order chi connectivity index (χ0) is 14.8. The van der Waals surface area contributed by atoms with Gasteiger partial charge in [-0.2, -0.15) is 0 Å². The fourth-order valence-corrected chi connectivity index (χ4v) is 2.91. The quantitative estimate of drug-likeness (QED) is 0.594. The molecular weight excluding hydrogens is 270 g/mol. The molecule has 0 spiro atoms. The fraction of sp³-hybridized carbons (Fsp3) is 0.471. The molecule has 0 aliphatic heterocycles. The van der Waals surface area contributed by atoms with E-state index in [2.05, 4.69) is 24.8 Å². The van der Waals surface area contributed by atoms with E-state index < -0.39 is 5.41 Å². The summed E-state index contributed by atoms with van der Waals surface area (Å²) in [7, 11) is 0. The summed E-state index contributed by atoms with van der Waals surface area (Å²) in [5, 5.41) is 0. The molecule has 1 atom stereocenters. The molecule has 1 aromatic rings. The molecule has 0 fully saturated rings. The first-order valence-corrected chi connectivity index (χ1v) is 7.60. The number of rotatable bonds is 5. The third kappa shape index (κ3) is 2.76. The summed E-state index contributed by atoms with van der Waals surface area (Å²) in [5.41, 5.74) is 2.08. The van der Waals surface area contributed by atoms with Crippen LogP contribution in [-0.2, 0) is 11.2 Å². The van der Waals surface area contributed by atoms with Crippen LogP contribution in [0.15, 0.2) is 36.9 Å². The predicted molar refractivity (Wildman–Crippen MR) is 83.9 cm³/mol. The van der Waals surface area contributed by atoms with Crippen molar-refractivity contribution in [3.05, 3.63) is 48.0 Å². The van der Waals surface area contributed by atoms with Gasteiger partial charge in [-0.3, -0.25) is 4.79 Å². The van der Waals surface area contributed by atoms with Crippen molar-refractivity contribution in [3.63, 3.8) is 0 Å². The fourth-order valence-electron chi connectivity index (χ4n) is 2.80. The molecule has 0 saturated carbocycles. The van der Waals surface area contributed by atoms with Crippen molar-refractivity contribution in [3.8, 4) is 0 Å². The summed E-state index contributed by atoms with van der Waals surface area (Å²) in [4.78, 5) is 14.7. The topological polar surface area (TPSA) is 20.3 Å². The van der Waals surface area contributed by atoms with Gasteiger partial charge < -0.3 is 4.90 Å². The van der Waals surface area contributed by atoms with Gasteiger partial charge in [-0.25, -0.2) is 0 Å². The van der Waals surface area contributed by atoms with E-state index in [1.807, 2.05) is 24.8 Å².